The van der Waals surface area contributed by atoms with E-state index >= 15 is 0 Å². The fraction of sp³-hybridized carbons (Fsp3) is 0.867. The summed E-state index contributed by atoms with van der Waals surface area (Å²) in [6.45, 7) is 12.5. The summed E-state index contributed by atoms with van der Waals surface area (Å²) >= 11 is 0. The van der Waals surface area contributed by atoms with E-state index in [1.54, 1.807) is 0 Å². The summed E-state index contributed by atoms with van der Waals surface area (Å²) in [5, 5.41) is 0. The molecule has 0 fully saturated rings. The molecule has 0 amide bonds. The van der Waals surface area contributed by atoms with Crippen LogP contribution in [-0.2, 0) is 19.1 Å². The molecule has 0 spiro atoms. The first-order valence-electron chi connectivity index (χ1n) is 7.06. The Morgan fingerprint density at radius 1 is 0.842 bits per heavy atom. The molecule has 1 unspecified atom stereocenters. The highest BCUT2D eigenvalue weighted by molar-refractivity contribution is 5.80. The van der Waals surface area contributed by atoms with E-state index in [4.69, 9.17) is 9.47 Å². The molecule has 0 aromatic heterocycles. The van der Waals surface area contributed by atoms with E-state index in [1.807, 2.05) is 41.5 Å². The van der Waals surface area contributed by atoms with E-state index in [-0.39, 0.29) is 24.3 Å². The lowest BCUT2D eigenvalue weighted by molar-refractivity contribution is -0.158. The van der Waals surface area contributed by atoms with Crippen molar-refractivity contribution in [2.24, 2.45) is 23.7 Å². The number of carbonyl (C=O) groups is 2. The molecular weight excluding hydrogens is 244 g/mol. The maximum absolute atomic E-state index is 11.9. The third-order valence-electron chi connectivity index (χ3n) is 2.63. The average molecular weight is 272 g/mol. The lowest BCUT2D eigenvalue weighted by Crippen LogP contribution is -2.27. The molecule has 0 aliphatic carbocycles. The van der Waals surface area contributed by atoms with Crippen LogP contribution in [-0.4, -0.2) is 25.2 Å². The molecule has 0 bridgehead atoms. The monoisotopic (exact) mass is 272 g/mol. The van der Waals surface area contributed by atoms with Gasteiger partial charge in [-0.2, -0.15) is 0 Å². The van der Waals surface area contributed by atoms with Crippen molar-refractivity contribution in [3.05, 3.63) is 0 Å². The summed E-state index contributed by atoms with van der Waals surface area (Å²) in [7, 11) is 0. The standard InChI is InChI=1S/C15H28O4/c1-10(2)8-18-14(16)7-13(12(5)6)15(17)19-9-11(3)4/h10-13H,7-9H2,1-6H3. The van der Waals surface area contributed by atoms with Crippen molar-refractivity contribution in [1.29, 1.82) is 0 Å². The number of hydrogen-bond donors (Lipinski definition) is 0. The van der Waals surface area contributed by atoms with Gasteiger partial charge < -0.3 is 9.47 Å². The summed E-state index contributed by atoms with van der Waals surface area (Å²) in [6.07, 6.45) is 0.0985. The Balaban J connectivity index is 4.32. The topological polar surface area (TPSA) is 52.6 Å². The molecule has 0 aliphatic rings. The summed E-state index contributed by atoms with van der Waals surface area (Å²) in [5.41, 5.74) is 0. The van der Waals surface area contributed by atoms with E-state index in [9.17, 15) is 9.59 Å². The van der Waals surface area contributed by atoms with E-state index in [0.29, 0.717) is 25.0 Å². The molecule has 4 heteroatoms. The second-order valence-corrected chi connectivity index (χ2v) is 6.16. The Kier molecular flexibility index (Phi) is 8.44. The van der Waals surface area contributed by atoms with Crippen LogP contribution in [0.1, 0.15) is 48.0 Å². The number of rotatable bonds is 8. The number of ether oxygens (including phenoxy) is 2. The first-order valence-corrected chi connectivity index (χ1v) is 7.06. The second kappa shape index (κ2) is 8.94. The quantitative estimate of drug-likeness (QED) is 0.637. The van der Waals surface area contributed by atoms with Gasteiger partial charge in [0.05, 0.1) is 25.6 Å². The second-order valence-electron chi connectivity index (χ2n) is 6.16. The van der Waals surface area contributed by atoms with Crippen molar-refractivity contribution in [3.63, 3.8) is 0 Å². The molecule has 0 saturated heterocycles. The van der Waals surface area contributed by atoms with Crippen molar-refractivity contribution >= 4 is 11.9 Å². The van der Waals surface area contributed by atoms with Gasteiger partial charge in [0.15, 0.2) is 0 Å². The Bertz CT molecular complexity index is 282. The molecular formula is C15H28O4. The number of hydrogen-bond acceptors (Lipinski definition) is 4. The maximum Gasteiger partial charge on any atom is 0.309 e. The summed E-state index contributed by atoms with van der Waals surface area (Å²) in [6, 6.07) is 0. The molecule has 0 rings (SSSR count). The zero-order valence-corrected chi connectivity index (χ0v) is 13.1. The van der Waals surface area contributed by atoms with Crippen molar-refractivity contribution in [3.8, 4) is 0 Å². The third-order valence-corrected chi connectivity index (χ3v) is 2.63. The van der Waals surface area contributed by atoms with Crippen LogP contribution >= 0.6 is 0 Å². The lowest BCUT2D eigenvalue weighted by atomic mass is 9.92. The molecule has 1 atom stereocenters. The fourth-order valence-electron chi connectivity index (χ4n) is 1.45. The minimum absolute atomic E-state index is 0.0614. The van der Waals surface area contributed by atoms with Crippen LogP contribution in [0.3, 0.4) is 0 Å². The number of esters is 2. The normalized spacial score (nSPS) is 12.9. The molecule has 19 heavy (non-hydrogen) atoms. The van der Waals surface area contributed by atoms with Crippen molar-refractivity contribution in [2.45, 2.75) is 48.0 Å². The summed E-state index contributed by atoms with van der Waals surface area (Å²) < 4.78 is 10.3. The molecule has 0 saturated carbocycles. The van der Waals surface area contributed by atoms with Crippen LogP contribution in [0.5, 0.6) is 0 Å². The van der Waals surface area contributed by atoms with E-state index in [2.05, 4.69) is 0 Å². The Morgan fingerprint density at radius 2 is 1.32 bits per heavy atom. The van der Waals surface area contributed by atoms with Gasteiger partial charge in [0, 0.05) is 0 Å². The van der Waals surface area contributed by atoms with Crippen molar-refractivity contribution in [2.75, 3.05) is 13.2 Å². The maximum atomic E-state index is 11.9. The van der Waals surface area contributed by atoms with Gasteiger partial charge in [-0.05, 0) is 17.8 Å². The summed E-state index contributed by atoms with van der Waals surface area (Å²) in [5.74, 6) is -0.386. The number of carbonyl (C=O) groups excluding carboxylic acids is 2. The zero-order chi connectivity index (χ0) is 15.0. The highest BCUT2D eigenvalue weighted by Gasteiger charge is 2.27. The van der Waals surface area contributed by atoms with Crippen LogP contribution in [0, 0.1) is 23.7 Å². The molecule has 0 aromatic carbocycles. The minimum atomic E-state index is -0.418. The van der Waals surface area contributed by atoms with Crippen molar-refractivity contribution in [1.82, 2.24) is 0 Å². The molecule has 0 N–H and O–H groups in total. The lowest BCUT2D eigenvalue weighted by Gasteiger charge is -2.19. The van der Waals surface area contributed by atoms with Crippen LogP contribution in [0.25, 0.3) is 0 Å². The van der Waals surface area contributed by atoms with Gasteiger partial charge in [-0.25, -0.2) is 0 Å². The van der Waals surface area contributed by atoms with Gasteiger partial charge in [0.1, 0.15) is 0 Å². The SMILES string of the molecule is CC(C)COC(=O)CC(C(=O)OCC(C)C)C(C)C. The van der Waals surface area contributed by atoms with Crippen LogP contribution < -0.4 is 0 Å². The Morgan fingerprint density at radius 3 is 1.74 bits per heavy atom. The summed E-state index contributed by atoms with van der Waals surface area (Å²) in [4.78, 5) is 23.6. The van der Waals surface area contributed by atoms with Gasteiger partial charge in [-0.3, -0.25) is 9.59 Å². The van der Waals surface area contributed by atoms with E-state index < -0.39 is 5.92 Å². The van der Waals surface area contributed by atoms with E-state index in [0.717, 1.165) is 0 Å². The van der Waals surface area contributed by atoms with Crippen LogP contribution in [0.15, 0.2) is 0 Å². The van der Waals surface area contributed by atoms with Gasteiger partial charge in [-0.15, -0.1) is 0 Å². The zero-order valence-electron chi connectivity index (χ0n) is 13.1. The molecule has 112 valence electrons. The minimum Gasteiger partial charge on any atom is -0.465 e. The third kappa shape index (κ3) is 8.62. The van der Waals surface area contributed by atoms with Crippen LogP contribution in [0.4, 0.5) is 0 Å². The van der Waals surface area contributed by atoms with E-state index in [1.165, 1.54) is 0 Å². The van der Waals surface area contributed by atoms with Gasteiger partial charge in [0.25, 0.3) is 0 Å². The van der Waals surface area contributed by atoms with Crippen molar-refractivity contribution < 1.29 is 19.1 Å². The van der Waals surface area contributed by atoms with Gasteiger partial charge >= 0.3 is 11.9 Å². The Labute approximate surface area is 116 Å². The fourth-order valence-corrected chi connectivity index (χ4v) is 1.45. The van der Waals surface area contributed by atoms with Crippen LogP contribution in [0.2, 0.25) is 0 Å². The Hall–Kier alpha value is -1.06. The predicted molar refractivity (Wildman–Crippen MR) is 74.5 cm³/mol. The molecule has 0 aliphatic heterocycles. The smallest absolute Gasteiger partial charge is 0.309 e. The van der Waals surface area contributed by atoms with Gasteiger partial charge in [0.2, 0.25) is 0 Å². The largest absolute Gasteiger partial charge is 0.465 e. The molecule has 0 radical (unpaired) electrons. The predicted octanol–water partition coefficient (Wildman–Crippen LogP) is 3.05. The molecule has 0 aromatic rings. The first kappa shape index (κ1) is 17.9. The highest BCUT2D eigenvalue weighted by Crippen LogP contribution is 2.18. The molecule has 4 nitrogen and oxygen atoms in total. The first-order chi connectivity index (χ1) is 8.73. The average Bonchev–Trinajstić information content (AvgIpc) is 2.29. The highest BCUT2D eigenvalue weighted by atomic mass is 16.5. The van der Waals surface area contributed by atoms with Gasteiger partial charge in [-0.1, -0.05) is 41.5 Å². The molecule has 0 heterocycles.